The quantitative estimate of drug-likeness (QED) is 0.496. The molecule has 132 valence electrons. The van der Waals surface area contributed by atoms with E-state index in [1.807, 2.05) is 24.3 Å². The third kappa shape index (κ3) is 6.08. The first-order chi connectivity index (χ1) is 12.0. The standard InChI is InChI=1S/C18H20ClN3O3/c1-12(3-2-9-21-17(23)6-7-18(24)25)22-15-8-10-20-16-11-13(19)4-5-14(15)16/h4-8,10-12H,2-3,9H2,1H3,(H,20,22)(H,21,23)(H,24,25). The number of nitrogens with zero attached hydrogens (tertiary/aromatic N) is 1. The van der Waals surface area contributed by atoms with Gasteiger partial charge in [-0.25, -0.2) is 4.79 Å². The molecule has 0 radical (unpaired) electrons. The van der Waals surface area contributed by atoms with E-state index in [0.29, 0.717) is 11.6 Å². The minimum atomic E-state index is -1.14. The third-order valence-electron chi connectivity index (χ3n) is 3.60. The average molecular weight is 362 g/mol. The first-order valence-corrected chi connectivity index (χ1v) is 8.33. The van der Waals surface area contributed by atoms with E-state index in [0.717, 1.165) is 41.6 Å². The number of carbonyl (C=O) groups is 2. The topological polar surface area (TPSA) is 91.3 Å². The van der Waals surface area contributed by atoms with Crippen LogP contribution in [-0.2, 0) is 9.59 Å². The molecule has 0 saturated heterocycles. The Morgan fingerprint density at radius 3 is 2.88 bits per heavy atom. The normalized spacial score (nSPS) is 12.2. The molecular formula is C18H20ClN3O3. The second kappa shape index (κ2) is 9.03. The van der Waals surface area contributed by atoms with Crippen molar-refractivity contribution >= 4 is 40.1 Å². The number of pyridine rings is 1. The third-order valence-corrected chi connectivity index (χ3v) is 3.83. The summed E-state index contributed by atoms with van der Waals surface area (Å²) >= 11 is 5.99. The van der Waals surface area contributed by atoms with Gasteiger partial charge < -0.3 is 15.7 Å². The fourth-order valence-corrected chi connectivity index (χ4v) is 2.58. The van der Waals surface area contributed by atoms with Crippen LogP contribution in [0.2, 0.25) is 5.02 Å². The van der Waals surface area contributed by atoms with E-state index in [1.54, 1.807) is 6.20 Å². The van der Waals surface area contributed by atoms with Gasteiger partial charge in [0.05, 0.1) is 5.52 Å². The molecule has 0 aliphatic carbocycles. The van der Waals surface area contributed by atoms with Gasteiger partial charge in [0.15, 0.2) is 0 Å². The van der Waals surface area contributed by atoms with Crippen molar-refractivity contribution in [2.75, 3.05) is 11.9 Å². The van der Waals surface area contributed by atoms with Crippen LogP contribution < -0.4 is 10.6 Å². The minimum absolute atomic E-state index is 0.202. The molecule has 0 aliphatic heterocycles. The Morgan fingerprint density at radius 1 is 1.32 bits per heavy atom. The van der Waals surface area contributed by atoms with E-state index in [4.69, 9.17) is 16.7 Å². The summed E-state index contributed by atoms with van der Waals surface area (Å²) < 4.78 is 0. The number of aromatic nitrogens is 1. The molecule has 0 saturated carbocycles. The van der Waals surface area contributed by atoms with Gasteiger partial charge in [-0.2, -0.15) is 0 Å². The van der Waals surface area contributed by atoms with Crippen LogP contribution in [0, 0.1) is 0 Å². The molecule has 0 aliphatic rings. The van der Waals surface area contributed by atoms with Crippen LogP contribution in [0.5, 0.6) is 0 Å². The van der Waals surface area contributed by atoms with Crippen LogP contribution in [0.15, 0.2) is 42.6 Å². The fraction of sp³-hybridized carbons (Fsp3) is 0.278. The van der Waals surface area contributed by atoms with E-state index < -0.39 is 11.9 Å². The molecule has 2 rings (SSSR count). The van der Waals surface area contributed by atoms with Crippen molar-refractivity contribution in [3.63, 3.8) is 0 Å². The monoisotopic (exact) mass is 361 g/mol. The molecule has 0 spiro atoms. The van der Waals surface area contributed by atoms with E-state index in [1.165, 1.54) is 0 Å². The zero-order valence-electron chi connectivity index (χ0n) is 13.8. The first kappa shape index (κ1) is 18.7. The van der Waals surface area contributed by atoms with E-state index >= 15 is 0 Å². The smallest absolute Gasteiger partial charge is 0.328 e. The fourth-order valence-electron chi connectivity index (χ4n) is 2.41. The van der Waals surface area contributed by atoms with Crippen LogP contribution in [-0.4, -0.2) is 34.6 Å². The number of hydrogen-bond donors (Lipinski definition) is 3. The highest BCUT2D eigenvalue weighted by Gasteiger charge is 2.07. The van der Waals surface area contributed by atoms with Gasteiger partial charge >= 0.3 is 5.97 Å². The number of anilines is 1. The van der Waals surface area contributed by atoms with Gasteiger partial charge in [-0.3, -0.25) is 9.78 Å². The van der Waals surface area contributed by atoms with E-state index in [9.17, 15) is 9.59 Å². The Hall–Kier alpha value is -2.60. The maximum absolute atomic E-state index is 11.4. The van der Waals surface area contributed by atoms with Crippen LogP contribution >= 0.6 is 11.6 Å². The van der Waals surface area contributed by atoms with Crippen molar-refractivity contribution in [1.82, 2.24) is 10.3 Å². The molecule has 2 aromatic rings. The Balaban J connectivity index is 1.82. The summed E-state index contributed by atoms with van der Waals surface area (Å²) in [6.45, 7) is 2.55. The van der Waals surface area contributed by atoms with Gasteiger partial charge in [-0.05, 0) is 44.0 Å². The largest absolute Gasteiger partial charge is 0.478 e. The molecule has 6 nitrogen and oxygen atoms in total. The Labute approximate surface area is 150 Å². The van der Waals surface area contributed by atoms with Crippen molar-refractivity contribution < 1.29 is 14.7 Å². The highest BCUT2D eigenvalue weighted by Crippen LogP contribution is 2.25. The zero-order chi connectivity index (χ0) is 18.2. The van der Waals surface area contributed by atoms with Crippen molar-refractivity contribution in [3.8, 4) is 0 Å². The Kier molecular flexibility index (Phi) is 6.77. The van der Waals surface area contributed by atoms with Crippen molar-refractivity contribution in [3.05, 3.63) is 47.6 Å². The molecule has 1 aromatic carbocycles. The summed E-state index contributed by atoms with van der Waals surface area (Å²) in [6, 6.07) is 7.72. The number of carboxylic acids is 1. The van der Waals surface area contributed by atoms with Gasteiger partial charge in [-0.15, -0.1) is 0 Å². The molecule has 1 atom stereocenters. The van der Waals surface area contributed by atoms with Gasteiger partial charge in [-0.1, -0.05) is 11.6 Å². The van der Waals surface area contributed by atoms with Crippen LogP contribution in [0.25, 0.3) is 10.9 Å². The molecule has 25 heavy (non-hydrogen) atoms. The highest BCUT2D eigenvalue weighted by molar-refractivity contribution is 6.31. The lowest BCUT2D eigenvalue weighted by Crippen LogP contribution is -2.24. The number of carboxylic acid groups (broad SMARTS) is 1. The number of carbonyl (C=O) groups excluding carboxylic acids is 1. The summed E-state index contributed by atoms with van der Waals surface area (Å²) in [4.78, 5) is 26.0. The summed E-state index contributed by atoms with van der Waals surface area (Å²) in [5, 5.41) is 16.2. The van der Waals surface area contributed by atoms with Crippen LogP contribution in [0.4, 0.5) is 5.69 Å². The van der Waals surface area contributed by atoms with E-state index in [2.05, 4.69) is 22.5 Å². The second-order valence-electron chi connectivity index (χ2n) is 5.67. The van der Waals surface area contributed by atoms with E-state index in [-0.39, 0.29) is 6.04 Å². The summed E-state index contributed by atoms with van der Waals surface area (Å²) in [7, 11) is 0. The van der Waals surface area contributed by atoms with Gasteiger partial charge in [0.25, 0.3) is 0 Å². The zero-order valence-corrected chi connectivity index (χ0v) is 14.6. The minimum Gasteiger partial charge on any atom is -0.478 e. The molecule has 0 fully saturated rings. The lowest BCUT2D eigenvalue weighted by Gasteiger charge is -2.17. The van der Waals surface area contributed by atoms with Crippen molar-refractivity contribution in [2.45, 2.75) is 25.8 Å². The number of benzene rings is 1. The first-order valence-electron chi connectivity index (χ1n) is 7.95. The molecular weight excluding hydrogens is 342 g/mol. The average Bonchev–Trinajstić information content (AvgIpc) is 2.57. The summed E-state index contributed by atoms with van der Waals surface area (Å²) in [5.41, 5.74) is 1.82. The predicted molar refractivity (Wildman–Crippen MR) is 98.9 cm³/mol. The van der Waals surface area contributed by atoms with Gasteiger partial charge in [0.2, 0.25) is 5.91 Å². The lowest BCUT2D eigenvalue weighted by molar-refractivity contribution is -0.131. The SMILES string of the molecule is CC(CCCNC(=O)C=CC(=O)O)Nc1ccnc2cc(Cl)ccc12. The molecule has 1 unspecified atom stereocenters. The lowest BCUT2D eigenvalue weighted by atomic mass is 10.1. The molecule has 0 bridgehead atoms. The van der Waals surface area contributed by atoms with Crippen LogP contribution in [0.1, 0.15) is 19.8 Å². The van der Waals surface area contributed by atoms with Gasteiger partial charge in [0, 0.05) is 47.0 Å². The maximum Gasteiger partial charge on any atom is 0.328 e. The Morgan fingerprint density at radius 2 is 2.12 bits per heavy atom. The number of nitrogens with one attached hydrogen (secondary N) is 2. The van der Waals surface area contributed by atoms with Crippen molar-refractivity contribution in [1.29, 1.82) is 0 Å². The number of hydrogen-bond acceptors (Lipinski definition) is 4. The molecule has 7 heteroatoms. The summed E-state index contributed by atoms with van der Waals surface area (Å²) in [5.74, 6) is -1.54. The number of fused-ring (bicyclic) bond motifs is 1. The second-order valence-corrected chi connectivity index (χ2v) is 6.11. The number of amides is 1. The maximum atomic E-state index is 11.4. The number of rotatable bonds is 8. The van der Waals surface area contributed by atoms with Gasteiger partial charge in [0.1, 0.15) is 0 Å². The van der Waals surface area contributed by atoms with Crippen molar-refractivity contribution in [2.24, 2.45) is 0 Å². The Bertz CT molecular complexity index is 792. The number of halogens is 1. The molecule has 1 heterocycles. The predicted octanol–water partition coefficient (Wildman–Crippen LogP) is 3.23. The molecule has 3 N–H and O–H groups in total. The van der Waals surface area contributed by atoms with Crippen LogP contribution in [0.3, 0.4) is 0 Å². The summed E-state index contributed by atoms with van der Waals surface area (Å²) in [6.07, 6.45) is 5.19. The molecule has 1 aromatic heterocycles. The highest BCUT2D eigenvalue weighted by atomic mass is 35.5. The number of aliphatic carboxylic acids is 1. The molecule has 1 amide bonds.